The summed E-state index contributed by atoms with van der Waals surface area (Å²) < 4.78 is 53.1. The molecule has 0 amide bonds. The van der Waals surface area contributed by atoms with Crippen LogP contribution in [0.1, 0.15) is 43.2 Å². The van der Waals surface area contributed by atoms with Gasteiger partial charge < -0.3 is 14.7 Å². The van der Waals surface area contributed by atoms with Gasteiger partial charge in [0.25, 0.3) is 0 Å². The average Bonchev–Trinajstić information content (AvgIpc) is 3.74. The second kappa shape index (κ2) is 12.9. The van der Waals surface area contributed by atoms with E-state index in [4.69, 9.17) is 16.1 Å². The van der Waals surface area contributed by atoms with Gasteiger partial charge in [0.1, 0.15) is 41.4 Å². The molecule has 3 aromatic carbocycles. The van der Waals surface area contributed by atoms with Crippen molar-refractivity contribution in [2.24, 2.45) is 5.92 Å². The number of nitrogens with zero attached hydrogens (tertiary/aromatic N) is 6. The monoisotopic (exact) mass is 704 g/mol. The van der Waals surface area contributed by atoms with E-state index in [2.05, 4.69) is 54.9 Å². The molecule has 6 heterocycles. The predicted molar refractivity (Wildman–Crippen MR) is 194 cm³/mol. The molecule has 0 saturated carbocycles. The van der Waals surface area contributed by atoms with Gasteiger partial charge in [0.2, 0.25) is 0 Å². The number of phenols is 1. The van der Waals surface area contributed by atoms with Gasteiger partial charge in [-0.1, -0.05) is 42.3 Å². The van der Waals surface area contributed by atoms with Crippen molar-refractivity contribution in [3.05, 3.63) is 83.6 Å². The van der Waals surface area contributed by atoms with Crippen LogP contribution in [0, 0.1) is 29.9 Å². The first kappa shape index (κ1) is 33.0. The highest BCUT2D eigenvalue weighted by Gasteiger charge is 2.49. The van der Waals surface area contributed by atoms with Gasteiger partial charge in [0.05, 0.1) is 16.5 Å². The molecule has 266 valence electrons. The molecule has 4 atom stereocenters. The number of aromatic hydroxyl groups is 1. The lowest BCUT2D eigenvalue weighted by Crippen LogP contribution is -2.43. The molecule has 1 N–H and O–H groups in total. The minimum Gasteiger partial charge on any atom is -0.508 e. The summed E-state index contributed by atoms with van der Waals surface area (Å²) in [5.41, 5.74) is 0.767. The SMILES string of the molecule is C#Cc1c(F)ccc2cc(O)cc(-c3ncc4c(N5CCC6CC(C5)N(Cc5ccccc5)C6)nc(OC[C@@]56CCCN5C[C@H](F)C6)nc4c3F)c12. The van der Waals surface area contributed by atoms with Crippen LogP contribution in [0.5, 0.6) is 11.8 Å². The minimum atomic E-state index is -0.927. The van der Waals surface area contributed by atoms with Gasteiger partial charge in [-0.05, 0) is 67.3 Å². The van der Waals surface area contributed by atoms with Crippen molar-refractivity contribution in [1.82, 2.24) is 24.8 Å². The number of benzene rings is 3. The van der Waals surface area contributed by atoms with E-state index < -0.39 is 23.3 Å². The van der Waals surface area contributed by atoms with E-state index in [1.807, 2.05) is 6.07 Å². The Morgan fingerprint density at radius 1 is 1.04 bits per heavy atom. The Balaban J connectivity index is 1.14. The minimum absolute atomic E-state index is 0.00808. The van der Waals surface area contributed by atoms with E-state index in [0.717, 1.165) is 51.9 Å². The molecule has 0 spiro atoms. The first-order valence-corrected chi connectivity index (χ1v) is 18.1. The Labute approximate surface area is 300 Å². The third kappa shape index (κ3) is 5.69. The summed E-state index contributed by atoms with van der Waals surface area (Å²) in [4.78, 5) is 21.0. The molecule has 4 aliphatic rings. The van der Waals surface area contributed by atoms with Gasteiger partial charge in [0.15, 0.2) is 5.82 Å². The van der Waals surface area contributed by atoms with Crippen LogP contribution < -0.4 is 9.64 Å². The quantitative estimate of drug-likeness (QED) is 0.184. The smallest absolute Gasteiger partial charge is 0.319 e. The number of anilines is 1. The highest BCUT2D eigenvalue weighted by molar-refractivity contribution is 6.03. The van der Waals surface area contributed by atoms with Gasteiger partial charge >= 0.3 is 6.01 Å². The fourth-order valence-electron chi connectivity index (χ4n) is 9.29. The standard InChI is InChI=1S/C41H39F3N6O2/c1-2-31-34(43)10-9-27-16-30(51)17-32(35(27)31)37-36(44)38-33(19-45-37)39(47-40(46-38)52-24-41-12-6-13-50(41)22-28(42)18-41)48-14-11-26-15-29(23-48)49(21-26)20-25-7-4-3-5-8-25/h1,3-5,7-10,16-17,19,26,28-29,51H,6,11-15,18,20-24H2/t26?,28-,29?,41+/m1/s1. The van der Waals surface area contributed by atoms with E-state index in [-0.39, 0.29) is 52.1 Å². The number of terminal acetylenes is 1. The van der Waals surface area contributed by atoms with Crippen LogP contribution in [0.2, 0.25) is 0 Å². The van der Waals surface area contributed by atoms with Crippen LogP contribution in [-0.2, 0) is 6.54 Å². The van der Waals surface area contributed by atoms with Crippen molar-refractivity contribution >= 4 is 27.5 Å². The second-order valence-corrected chi connectivity index (χ2v) is 14.9. The van der Waals surface area contributed by atoms with Crippen LogP contribution in [0.25, 0.3) is 32.9 Å². The molecule has 4 aliphatic heterocycles. The maximum absolute atomic E-state index is 17.1. The Bertz CT molecular complexity index is 2230. The van der Waals surface area contributed by atoms with Gasteiger partial charge in [-0.3, -0.25) is 14.8 Å². The molecule has 0 radical (unpaired) electrons. The molecule has 2 bridgehead atoms. The van der Waals surface area contributed by atoms with Crippen molar-refractivity contribution in [3.63, 3.8) is 0 Å². The number of fused-ring (bicyclic) bond motifs is 5. The summed E-state index contributed by atoms with van der Waals surface area (Å²) in [5.74, 6) is 1.90. The molecule has 11 heteroatoms. The summed E-state index contributed by atoms with van der Waals surface area (Å²) >= 11 is 0. The molecule has 2 aromatic heterocycles. The van der Waals surface area contributed by atoms with E-state index in [0.29, 0.717) is 42.0 Å². The molecule has 9 rings (SSSR count). The molecule has 0 aliphatic carbocycles. The topological polar surface area (TPSA) is 77.9 Å². The number of likely N-dealkylation sites (tertiary alicyclic amines) is 1. The number of halogens is 3. The number of rotatable bonds is 7. The Morgan fingerprint density at radius 3 is 2.75 bits per heavy atom. The first-order valence-electron chi connectivity index (χ1n) is 18.1. The molecule has 5 aromatic rings. The van der Waals surface area contributed by atoms with E-state index in [1.165, 1.54) is 29.8 Å². The lowest BCUT2D eigenvalue weighted by molar-refractivity contribution is 0.107. The fourth-order valence-corrected chi connectivity index (χ4v) is 9.29. The zero-order valence-corrected chi connectivity index (χ0v) is 28.7. The van der Waals surface area contributed by atoms with Crippen molar-refractivity contribution < 1.29 is 23.0 Å². The largest absolute Gasteiger partial charge is 0.508 e. The van der Waals surface area contributed by atoms with Gasteiger partial charge in [0, 0.05) is 62.3 Å². The maximum atomic E-state index is 17.1. The number of hydrogen-bond acceptors (Lipinski definition) is 8. The maximum Gasteiger partial charge on any atom is 0.319 e. The van der Waals surface area contributed by atoms with E-state index in [1.54, 1.807) is 6.20 Å². The second-order valence-electron chi connectivity index (χ2n) is 14.9. The molecule has 4 saturated heterocycles. The third-order valence-corrected chi connectivity index (χ3v) is 11.7. The number of hydrogen-bond donors (Lipinski definition) is 1. The first-order chi connectivity index (χ1) is 25.3. The summed E-state index contributed by atoms with van der Waals surface area (Å²) in [5, 5.41) is 11.8. The van der Waals surface area contributed by atoms with Gasteiger partial charge in [-0.2, -0.15) is 9.97 Å². The lowest BCUT2D eigenvalue weighted by Gasteiger charge is -2.33. The van der Waals surface area contributed by atoms with Crippen molar-refractivity contribution in [1.29, 1.82) is 0 Å². The number of alkyl halides is 1. The molecular formula is C41H39F3N6O2. The fraction of sp³-hybridized carbons (Fsp3) is 0.390. The van der Waals surface area contributed by atoms with E-state index in [9.17, 15) is 13.9 Å². The van der Waals surface area contributed by atoms with Crippen LogP contribution >= 0.6 is 0 Å². The summed E-state index contributed by atoms with van der Waals surface area (Å²) in [6.07, 6.45) is 10.5. The Kier molecular flexibility index (Phi) is 8.20. The number of pyridine rings is 1. The normalized spacial score (nSPS) is 24.7. The van der Waals surface area contributed by atoms with Gasteiger partial charge in [-0.25, -0.2) is 13.2 Å². The summed E-state index contributed by atoms with van der Waals surface area (Å²) in [6, 6.07) is 16.2. The molecule has 52 heavy (non-hydrogen) atoms. The zero-order chi connectivity index (χ0) is 35.6. The predicted octanol–water partition coefficient (Wildman–Crippen LogP) is 6.87. The molecule has 2 unspecified atom stereocenters. The zero-order valence-electron chi connectivity index (χ0n) is 28.7. The molecular weight excluding hydrogens is 665 g/mol. The van der Waals surface area contributed by atoms with E-state index >= 15 is 4.39 Å². The van der Waals surface area contributed by atoms with Crippen LogP contribution in [0.15, 0.2) is 60.8 Å². The molecule has 4 fully saturated rings. The Hall–Kier alpha value is -4.92. The average molecular weight is 705 g/mol. The summed E-state index contributed by atoms with van der Waals surface area (Å²) in [6.45, 7) is 4.66. The Morgan fingerprint density at radius 2 is 1.90 bits per heavy atom. The third-order valence-electron chi connectivity index (χ3n) is 11.7. The van der Waals surface area contributed by atoms with Crippen molar-refractivity contribution in [3.8, 4) is 35.4 Å². The van der Waals surface area contributed by atoms with Crippen molar-refractivity contribution in [2.75, 3.05) is 44.2 Å². The lowest BCUT2D eigenvalue weighted by atomic mass is 9.95. The molecule has 8 nitrogen and oxygen atoms in total. The van der Waals surface area contributed by atoms with Crippen LogP contribution in [0.4, 0.5) is 19.0 Å². The number of ether oxygens (including phenoxy) is 1. The van der Waals surface area contributed by atoms with Gasteiger partial charge in [-0.15, -0.1) is 6.42 Å². The highest BCUT2D eigenvalue weighted by Crippen LogP contribution is 2.42. The number of aromatic nitrogens is 3. The van der Waals surface area contributed by atoms with Crippen LogP contribution in [-0.4, -0.2) is 86.9 Å². The van der Waals surface area contributed by atoms with Crippen molar-refractivity contribution in [2.45, 2.75) is 56.4 Å². The summed E-state index contributed by atoms with van der Waals surface area (Å²) in [7, 11) is 0. The van der Waals surface area contributed by atoms with Crippen LogP contribution in [0.3, 0.4) is 0 Å². The number of phenolic OH excluding ortho intramolecular Hbond substituents is 1. The highest BCUT2D eigenvalue weighted by atomic mass is 19.1.